The molecule has 0 radical (unpaired) electrons. The molecular formula is C15H16N2O4. The molecule has 0 aromatic carbocycles. The van der Waals surface area contributed by atoms with Crippen molar-refractivity contribution in [1.29, 1.82) is 0 Å². The van der Waals surface area contributed by atoms with Crippen LogP contribution in [0.2, 0.25) is 0 Å². The summed E-state index contributed by atoms with van der Waals surface area (Å²) in [6.45, 7) is 5.44. The summed E-state index contributed by atoms with van der Waals surface area (Å²) < 4.78 is 5.42. The quantitative estimate of drug-likeness (QED) is 0.901. The van der Waals surface area contributed by atoms with E-state index in [1.54, 1.807) is 6.92 Å². The summed E-state index contributed by atoms with van der Waals surface area (Å²) in [5.41, 5.74) is 0.630. The molecule has 6 nitrogen and oxygen atoms in total. The van der Waals surface area contributed by atoms with Crippen molar-refractivity contribution in [1.82, 2.24) is 10.3 Å². The fourth-order valence-corrected chi connectivity index (χ4v) is 2.18. The highest BCUT2D eigenvalue weighted by Crippen LogP contribution is 2.21. The zero-order valence-corrected chi connectivity index (χ0v) is 12.0. The number of carboxylic acid groups (broad SMARTS) is 1. The minimum atomic E-state index is -1.18. The Bertz CT molecular complexity index is 691. The number of furan rings is 1. The minimum Gasteiger partial charge on any atom is -0.478 e. The highest BCUT2D eigenvalue weighted by Gasteiger charge is 2.21. The van der Waals surface area contributed by atoms with Gasteiger partial charge in [0.25, 0.3) is 5.91 Å². The Kier molecular flexibility index (Phi) is 4.07. The molecule has 2 aromatic heterocycles. The van der Waals surface area contributed by atoms with Gasteiger partial charge in [-0.2, -0.15) is 0 Å². The maximum atomic E-state index is 12.2. The van der Waals surface area contributed by atoms with Crippen LogP contribution >= 0.6 is 0 Å². The van der Waals surface area contributed by atoms with Crippen molar-refractivity contribution < 1.29 is 19.1 Å². The highest BCUT2D eigenvalue weighted by molar-refractivity contribution is 6.03. The second-order valence-electron chi connectivity index (χ2n) is 4.77. The van der Waals surface area contributed by atoms with Gasteiger partial charge in [-0.1, -0.05) is 0 Å². The van der Waals surface area contributed by atoms with E-state index in [0.29, 0.717) is 0 Å². The molecule has 0 bridgehead atoms. The predicted molar refractivity (Wildman–Crippen MR) is 75.3 cm³/mol. The van der Waals surface area contributed by atoms with Crippen molar-refractivity contribution in [3.05, 3.63) is 52.7 Å². The Balaban J connectivity index is 2.22. The van der Waals surface area contributed by atoms with Crippen LogP contribution < -0.4 is 5.32 Å². The van der Waals surface area contributed by atoms with Crippen molar-refractivity contribution in [3.63, 3.8) is 0 Å². The Hall–Kier alpha value is -2.63. The predicted octanol–water partition coefficient (Wildman–Crippen LogP) is 2.48. The molecule has 0 saturated carbocycles. The monoisotopic (exact) mass is 288 g/mol. The molecule has 0 aliphatic rings. The molecule has 1 atom stereocenters. The molecule has 0 aliphatic carbocycles. The van der Waals surface area contributed by atoms with Crippen LogP contribution in [0.25, 0.3) is 0 Å². The first-order chi connectivity index (χ1) is 9.90. The largest absolute Gasteiger partial charge is 0.478 e. The molecule has 0 fully saturated rings. The first-order valence-corrected chi connectivity index (χ1v) is 6.46. The van der Waals surface area contributed by atoms with Crippen LogP contribution in [-0.4, -0.2) is 22.0 Å². The van der Waals surface area contributed by atoms with Crippen LogP contribution in [0.5, 0.6) is 0 Å². The number of carbonyl (C=O) groups is 2. The highest BCUT2D eigenvalue weighted by atomic mass is 16.4. The van der Waals surface area contributed by atoms with Crippen LogP contribution in [-0.2, 0) is 0 Å². The van der Waals surface area contributed by atoms with Gasteiger partial charge < -0.3 is 14.8 Å². The summed E-state index contributed by atoms with van der Waals surface area (Å²) in [4.78, 5) is 27.2. The average molecular weight is 288 g/mol. The fraction of sp³-hybridized carbons (Fsp3) is 0.267. The number of carbonyl (C=O) groups excluding carboxylic acids is 1. The second kappa shape index (κ2) is 5.78. The molecule has 0 saturated heterocycles. The molecule has 2 heterocycles. The molecule has 2 N–H and O–H groups in total. The normalized spacial score (nSPS) is 12.0. The van der Waals surface area contributed by atoms with Gasteiger partial charge in [0.1, 0.15) is 17.2 Å². The van der Waals surface area contributed by atoms with Crippen molar-refractivity contribution in [2.75, 3.05) is 0 Å². The van der Waals surface area contributed by atoms with Crippen molar-refractivity contribution in [3.8, 4) is 0 Å². The third-order valence-electron chi connectivity index (χ3n) is 3.15. The van der Waals surface area contributed by atoms with E-state index in [0.717, 1.165) is 17.1 Å². The van der Waals surface area contributed by atoms with Crippen molar-refractivity contribution >= 4 is 11.9 Å². The minimum absolute atomic E-state index is 0.102. The van der Waals surface area contributed by atoms with E-state index < -0.39 is 11.9 Å². The number of nitrogens with zero attached hydrogens (tertiary/aromatic N) is 1. The number of aromatic nitrogens is 1. The SMILES string of the molecule is Cc1cc(C(C)NC(=O)c2ncccc2C(=O)O)c(C)o1. The lowest BCUT2D eigenvalue weighted by molar-refractivity contribution is 0.0689. The van der Waals surface area contributed by atoms with Crippen LogP contribution in [0.4, 0.5) is 0 Å². The van der Waals surface area contributed by atoms with Crippen molar-refractivity contribution in [2.45, 2.75) is 26.8 Å². The van der Waals surface area contributed by atoms with Crippen LogP contribution in [0.15, 0.2) is 28.8 Å². The Labute approximate surface area is 121 Å². The zero-order valence-electron chi connectivity index (χ0n) is 12.0. The van der Waals surface area contributed by atoms with E-state index in [1.807, 2.05) is 19.9 Å². The second-order valence-corrected chi connectivity index (χ2v) is 4.77. The molecule has 110 valence electrons. The lowest BCUT2D eigenvalue weighted by Crippen LogP contribution is -2.29. The van der Waals surface area contributed by atoms with Gasteiger partial charge in [-0.05, 0) is 39.0 Å². The summed E-state index contributed by atoms with van der Waals surface area (Å²) in [6.07, 6.45) is 1.39. The lowest BCUT2D eigenvalue weighted by Gasteiger charge is -2.13. The molecule has 1 unspecified atom stereocenters. The number of hydrogen-bond acceptors (Lipinski definition) is 4. The molecule has 0 aliphatic heterocycles. The van der Waals surface area contributed by atoms with Gasteiger partial charge in [-0.15, -0.1) is 0 Å². The van der Waals surface area contributed by atoms with E-state index in [1.165, 1.54) is 18.3 Å². The van der Waals surface area contributed by atoms with E-state index in [9.17, 15) is 9.59 Å². The standard InChI is InChI=1S/C15H16N2O4/c1-8-7-12(10(3)21-8)9(2)17-14(18)13-11(15(19)20)5-4-6-16-13/h4-7,9H,1-3H3,(H,17,18)(H,19,20). The number of hydrogen-bond donors (Lipinski definition) is 2. The summed E-state index contributed by atoms with van der Waals surface area (Å²) >= 11 is 0. The number of amides is 1. The van der Waals surface area contributed by atoms with Gasteiger partial charge in [-0.3, -0.25) is 9.78 Å². The van der Waals surface area contributed by atoms with Gasteiger partial charge >= 0.3 is 5.97 Å². The Morgan fingerprint density at radius 3 is 2.67 bits per heavy atom. The summed E-state index contributed by atoms with van der Waals surface area (Å²) in [5, 5.41) is 11.8. The van der Waals surface area contributed by atoms with Gasteiger partial charge in [0.2, 0.25) is 0 Å². The van der Waals surface area contributed by atoms with Gasteiger partial charge in [0.15, 0.2) is 0 Å². The average Bonchev–Trinajstić information content (AvgIpc) is 2.77. The zero-order chi connectivity index (χ0) is 15.6. The summed E-state index contributed by atoms with van der Waals surface area (Å²) in [7, 11) is 0. The molecule has 1 amide bonds. The number of carboxylic acids is 1. The first kappa shape index (κ1) is 14.8. The number of rotatable bonds is 4. The van der Waals surface area contributed by atoms with Gasteiger partial charge in [-0.25, -0.2) is 4.79 Å². The lowest BCUT2D eigenvalue weighted by atomic mass is 10.1. The summed E-state index contributed by atoms with van der Waals surface area (Å²) in [5.74, 6) is -0.234. The topological polar surface area (TPSA) is 92.4 Å². The van der Waals surface area contributed by atoms with Crippen LogP contribution in [0.1, 0.15) is 50.9 Å². The molecule has 0 spiro atoms. The van der Waals surface area contributed by atoms with Gasteiger partial charge in [0.05, 0.1) is 11.6 Å². The smallest absolute Gasteiger partial charge is 0.338 e. The first-order valence-electron chi connectivity index (χ1n) is 6.46. The van der Waals surface area contributed by atoms with E-state index in [4.69, 9.17) is 9.52 Å². The summed E-state index contributed by atoms with van der Waals surface area (Å²) in [6, 6.07) is 4.37. The third-order valence-corrected chi connectivity index (χ3v) is 3.15. The van der Waals surface area contributed by atoms with E-state index >= 15 is 0 Å². The van der Waals surface area contributed by atoms with Crippen molar-refractivity contribution in [2.24, 2.45) is 0 Å². The number of nitrogens with one attached hydrogen (secondary N) is 1. The Morgan fingerprint density at radius 2 is 2.10 bits per heavy atom. The van der Waals surface area contributed by atoms with Crippen LogP contribution in [0.3, 0.4) is 0 Å². The molecule has 2 rings (SSSR count). The number of pyridine rings is 1. The van der Waals surface area contributed by atoms with E-state index in [-0.39, 0.29) is 17.3 Å². The number of aromatic carboxylic acids is 1. The molecular weight excluding hydrogens is 272 g/mol. The van der Waals surface area contributed by atoms with Crippen LogP contribution in [0, 0.1) is 13.8 Å². The third kappa shape index (κ3) is 3.10. The molecule has 6 heteroatoms. The molecule has 2 aromatic rings. The fourth-order valence-electron chi connectivity index (χ4n) is 2.18. The maximum Gasteiger partial charge on any atom is 0.338 e. The Morgan fingerprint density at radius 1 is 1.38 bits per heavy atom. The number of aryl methyl sites for hydroxylation is 2. The molecule has 21 heavy (non-hydrogen) atoms. The maximum absolute atomic E-state index is 12.2. The van der Waals surface area contributed by atoms with Gasteiger partial charge in [0, 0.05) is 11.8 Å². The van der Waals surface area contributed by atoms with E-state index in [2.05, 4.69) is 10.3 Å².